The van der Waals surface area contributed by atoms with Crippen LogP contribution in [-0.4, -0.2) is 17.4 Å². The molecule has 0 aliphatic heterocycles. The van der Waals surface area contributed by atoms with Crippen LogP contribution in [0.25, 0.3) is 0 Å². The third-order valence-corrected chi connectivity index (χ3v) is 3.27. The molecule has 0 N–H and O–H groups in total. The predicted octanol–water partition coefficient (Wildman–Crippen LogP) is 3.65. The summed E-state index contributed by atoms with van der Waals surface area (Å²) < 4.78 is 5.19. The molecule has 3 nitrogen and oxygen atoms in total. The van der Waals surface area contributed by atoms with Crippen LogP contribution in [0, 0.1) is 5.92 Å². The zero-order valence-corrected chi connectivity index (χ0v) is 12.0. The molecule has 0 amide bonds. The third-order valence-electron chi connectivity index (χ3n) is 3.27. The number of ketones is 1. The van der Waals surface area contributed by atoms with Gasteiger partial charge in [0, 0.05) is 12.8 Å². The molecule has 0 aromatic rings. The van der Waals surface area contributed by atoms with Crippen LogP contribution in [0.15, 0.2) is 0 Å². The minimum atomic E-state index is -0.455. The summed E-state index contributed by atoms with van der Waals surface area (Å²) in [4.78, 5) is 23.3. The molecule has 0 aromatic carbocycles. The van der Waals surface area contributed by atoms with E-state index in [0.717, 1.165) is 0 Å². The smallest absolute Gasteiger partial charge is 0.306 e. The second-order valence-corrected chi connectivity index (χ2v) is 6.33. The molecule has 1 aliphatic carbocycles. The van der Waals surface area contributed by atoms with Crippen molar-refractivity contribution in [1.82, 2.24) is 0 Å². The lowest BCUT2D eigenvalue weighted by atomic mass is 9.85. The van der Waals surface area contributed by atoms with Gasteiger partial charge in [0.1, 0.15) is 11.4 Å². The lowest BCUT2D eigenvalue weighted by Gasteiger charge is -2.21. The van der Waals surface area contributed by atoms with Crippen LogP contribution in [0.4, 0.5) is 0 Å². The lowest BCUT2D eigenvalue weighted by Crippen LogP contribution is -2.24. The highest BCUT2D eigenvalue weighted by molar-refractivity contribution is 5.83. The molecule has 1 saturated carbocycles. The maximum absolute atomic E-state index is 11.8. The minimum absolute atomic E-state index is 0.216. The van der Waals surface area contributed by atoms with Crippen LogP contribution in [0.1, 0.15) is 72.1 Å². The average molecular weight is 254 g/mol. The zero-order valence-electron chi connectivity index (χ0n) is 12.0. The number of carbonyl (C=O) groups excluding carboxylic acids is 2. The summed E-state index contributed by atoms with van der Waals surface area (Å²) in [5.41, 5.74) is -0.455. The first-order valence-electron chi connectivity index (χ1n) is 7.10. The van der Waals surface area contributed by atoms with Gasteiger partial charge in [-0.25, -0.2) is 0 Å². The number of ether oxygens (including phenoxy) is 1. The fourth-order valence-corrected chi connectivity index (χ4v) is 2.45. The standard InChI is InChI=1S/C15H26O3/c1-15(2,3)18-14(17)10-9-13(16)11-12-7-5-4-6-8-12/h12H,4-11H2,1-3H3. The van der Waals surface area contributed by atoms with Gasteiger partial charge < -0.3 is 4.74 Å². The van der Waals surface area contributed by atoms with Crippen molar-refractivity contribution in [1.29, 1.82) is 0 Å². The van der Waals surface area contributed by atoms with E-state index in [2.05, 4.69) is 0 Å². The summed E-state index contributed by atoms with van der Waals surface area (Å²) in [5.74, 6) is 0.511. The summed E-state index contributed by atoms with van der Waals surface area (Å²) in [5, 5.41) is 0. The van der Waals surface area contributed by atoms with Gasteiger partial charge in [0.15, 0.2) is 0 Å². The van der Waals surface area contributed by atoms with Crippen LogP contribution in [0.3, 0.4) is 0 Å². The lowest BCUT2D eigenvalue weighted by molar-refractivity contribution is -0.155. The van der Waals surface area contributed by atoms with Crippen molar-refractivity contribution in [3.63, 3.8) is 0 Å². The van der Waals surface area contributed by atoms with Crippen LogP contribution in [-0.2, 0) is 14.3 Å². The molecule has 104 valence electrons. The molecule has 0 unspecified atom stereocenters. The Balaban J connectivity index is 2.18. The highest BCUT2D eigenvalue weighted by Crippen LogP contribution is 2.26. The second-order valence-electron chi connectivity index (χ2n) is 6.33. The Morgan fingerprint density at radius 2 is 1.67 bits per heavy atom. The topological polar surface area (TPSA) is 43.4 Å². The van der Waals surface area contributed by atoms with E-state index in [1.807, 2.05) is 20.8 Å². The summed E-state index contributed by atoms with van der Waals surface area (Å²) in [7, 11) is 0. The van der Waals surface area contributed by atoms with E-state index in [4.69, 9.17) is 4.74 Å². The van der Waals surface area contributed by atoms with E-state index in [-0.39, 0.29) is 18.2 Å². The van der Waals surface area contributed by atoms with Crippen molar-refractivity contribution in [2.75, 3.05) is 0 Å². The van der Waals surface area contributed by atoms with E-state index in [1.54, 1.807) is 0 Å². The molecule has 18 heavy (non-hydrogen) atoms. The summed E-state index contributed by atoms with van der Waals surface area (Å²) in [6.07, 6.45) is 7.39. The van der Waals surface area contributed by atoms with Crippen LogP contribution in [0.2, 0.25) is 0 Å². The molecule has 1 fully saturated rings. The van der Waals surface area contributed by atoms with Crippen LogP contribution < -0.4 is 0 Å². The number of esters is 1. The van der Waals surface area contributed by atoms with Crippen molar-refractivity contribution in [3.8, 4) is 0 Å². The molecular formula is C15H26O3. The number of hydrogen-bond acceptors (Lipinski definition) is 3. The Kier molecular flexibility index (Phi) is 5.83. The normalized spacial score (nSPS) is 17.5. The monoisotopic (exact) mass is 254 g/mol. The molecule has 3 heteroatoms. The molecule has 0 atom stereocenters. The summed E-state index contributed by atoms with van der Waals surface area (Å²) in [6.45, 7) is 5.53. The highest BCUT2D eigenvalue weighted by Gasteiger charge is 2.19. The predicted molar refractivity (Wildman–Crippen MR) is 71.3 cm³/mol. The molecule has 0 spiro atoms. The number of rotatable bonds is 5. The Hall–Kier alpha value is -0.860. The summed E-state index contributed by atoms with van der Waals surface area (Å²) >= 11 is 0. The Labute approximate surface area is 110 Å². The third kappa shape index (κ3) is 6.77. The van der Waals surface area contributed by atoms with E-state index in [9.17, 15) is 9.59 Å². The van der Waals surface area contributed by atoms with Gasteiger partial charge in [-0.3, -0.25) is 9.59 Å². The number of Topliss-reactive ketones (excluding diaryl/α,β-unsaturated/α-hetero) is 1. The van der Waals surface area contributed by atoms with Crippen LogP contribution >= 0.6 is 0 Å². The minimum Gasteiger partial charge on any atom is -0.460 e. The largest absolute Gasteiger partial charge is 0.460 e. The van der Waals surface area contributed by atoms with Crippen molar-refractivity contribution < 1.29 is 14.3 Å². The molecule has 0 saturated heterocycles. The van der Waals surface area contributed by atoms with Crippen molar-refractivity contribution >= 4 is 11.8 Å². The van der Waals surface area contributed by atoms with Crippen molar-refractivity contribution in [2.24, 2.45) is 5.92 Å². The maximum Gasteiger partial charge on any atom is 0.306 e. The van der Waals surface area contributed by atoms with Crippen molar-refractivity contribution in [2.45, 2.75) is 77.7 Å². The molecule has 1 aliphatic rings. The Bertz CT molecular complexity index is 283. The second kappa shape index (κ2) is 6.91. The van der Waals surface area contributed by atoms with Gasteiger partial charge in [0.25, 0.3) is 0 Å². The van der Waals surface area contributed by atoms with Crippen LogP contribution in [0.5, 0.6) is 0 Å². The van der Waals surface area contributed by atoms with E-state index >= 15 is 0 Å². The molecule has 0 radical (unpaired) electrons. The summed E-state index contributed by atoms with van der Waals surface area (Å²) in [6, 6.07) is 0. The fraction of sp³-hybridized carbons (Fsp3) is 0.867. The van der Waals surface area contributed by atoms with Gasteiger partial charge in [-0.05, 0) is 26.7 Å². The molecule has 1 rings (SSSR count). The van der Waals surface area contributed by atoms with Gasteiger partial charge in [0.05, 0.1) is 6.42 Å². The quantitative estimate of drug-likeness (QED) is 0.703. The SMILES string of the molecule is CC(C)(C)OC(=O)CCC(=O)CC1CCCCC1. The van der Waals surface area contributed by atoms with Gasteiger partial charge >= 0.3 is 5.97 Å². The van der Waals surface area contributed by atoms with Gasteiger partial charge in [-0.15, -0.1) is 0 Å². The fourth-order valence-electron chi connectivity index (χ4n) is 2.45. The highest BCUT2D eigenvalue weighted by atomic mass is 16.6. The average Bonchev–Trinajstić information content (AvgIpc) is 2.25. The molecule has 0 aromatic heterocycles. The molecule has 0 bridgehead atoms. The van der Waals surface area contributed by atoms with Gasteiger partial charge in [-0.2, -0.15) is 0 Å². The first-order valence-corrected chi connectivity index (χ1v) is 7.10. The first-order chi connectivity index (χ1) is 8.37. The van der Waals surface area contributed by atoms with Gasteiger partial charge in [-0.1, -0.05) is 32.1 Å². The number of carbonyl (C=O) groups is 2. The van der Waals surface area contributed by atoms with E-state index in [0.29, 0.717) is 18.8 Å². The molecule has 0 heterocycles. The zero-order chi connectivity index (χ0) is 13.6. The maximum atomic E-state index is 11.8. The van der Waals surface area contributed by atoms with Gasteiger partial charge in [0.2, 0.25) is 0 Å². The Morgan fingerprint density at radius 1 is 1.06 bits per heavy atom. The Morgan fingerprint density at radius 3 is 2.22 bits per heavy atom. The molecular weight excluding hydrogens is 228 g/mol. The van der Waals surface area contributed by atoms with E-state index in [1.165, 1.54) is 32.1 Å². The van der Waals surface area contributed by atoms with E-state index < -0.39 is 5.60 Å². The first kappa shape index (κ1) is 15.2. The number of hydrogen-bond donors (Lipinski definition) is 0. The van der Waals surface area contributed by atoms with Crippen molar-refractivity contribution in [3.05, 3.63) is 0 Å².